The van der Waals surface area contributed by atoms with Crippen LogP contribution in [0.15, 0.2) is 0 Å². The molecule has 9 heteroatoms. The van der Waals surface area contributed by atoms with E-state index in [1.807, 2.05) is 13.8 Å². The molecule has 0 saturated carbocycles. The van der Waals surface area contributed by atoms with E-state index in [-0.39, 0.29) is 12.3 Å². The number of nitrogens with two attached hydrogens (primary N) is 1. The quantitative estimate of drug-likeness (QED) is 0.358. The maximum atomic E-state index is 11.9. The molecule has 134 valence electrons. The topological polar surface area (TPSA) is 142 Å². The molecule has 0 aromatic carbocycles. The molecule has 0 saturated heterocycles. The van der Waals surface area contributed by atoms with Crippen molar-refractivity contribution >= 4 is 23.6 Å². The van der Waals surface area contributed by atoms with E-state index in [2.05, 4.69) is 21.3 Å². The predicted molar refractivity (Wildman–Crippen MR) is 87.3 cm³/mol. The van der Waals surface area contributed by atoms with Crippen LogP contribution in [-0.4, -0.2) is 55.8 Å². The Morgan fingerprint density at radius 2 is 1.35 bits per heavy atom. The van der Waals surface area contributed by atoms with Gasteiger partial charge < -0.3 is 27.0 Å². The van der Waals surface area contributed by atoms with Crippen LogP contribution in [-0.2, 0) is 19.2 Å². The van der Waals surface area contributed by atoms with Crippen molar-refractivity contribution in [2.24, 2.45) is 5.73 Å². The molecule has 0 aromatic rings. The fraction of sp³-hybridized carbons (Fsp3) is 0.714. The second-order valence-corrected chi connectivity index (χ2v) is 4.59. The van der Waals surface area contributed by atoms with Crippen molar-refractivity contribution in [3.8, 4) is 0 Å². The first kappa shape index (κ1) is 23.1. The number of rotatable bonds is 8. The Labute approximate surface area is 137 Å². The molecule has 3 unspecified atom stereocenters. The normalized spacial score (nSPS) is 13.5. The fourth-order valence-corrected chi connectivity index (χ4v) is 1.42. The van der Waals surface area contributed by atoms with E-state index in [9.17, 15) is 19.2 Å². The highest BCUT2D eigenvalue weighted by Crippen LogP contribution is 1.94. The lowest BCUT2D eigenvalue weighted by Gasteiger charge is -2.20. The number of amides is 4. The van der Waals surface area contributed by atoms with Crippen LogP contribution in [0, 0.1) is 0 Å². The summed E-state index contributed by atoms with van der Waals surface area (Å²) in [6.07, 6.45) is -0.320. The maximum Gasteiger partial charge on any atom is 0.242 e. The average molecular weight is 331 g/mol. The molecule has 0 aliphatic rings. The molecule has 0 heterocycles. The molecule has 0 spiro atoms. The number of carbonyl (C=O) groups is 4. The van der Waals surface area contributed by atoms with Gasteiger partial charge in [-0.05, 0) is 20.9 Å². The summed E-state index contributed by atoms with van der Waals surface area (Å²) in [6.45, 7) is 7.11. The highest BCUT2D eigenvalue weighted by Gasteiger charge is 2.25. The van der Waals surface area contributed by atoms with E-state index < -0.39 is 35.8 Å². The molecule has 0 aliphatic carbocycles. The minimum atomic E-state index is -1.07. The Hall–Kier alpha value is -2.16. The van der Waals surface area contributed by atoms with Crippen molar-refractivity contribution in [3.63, 3.8) is 0 Å². The van der Waals surface area contributed by atoms with Gasteiger partial charge in [-0.15, -0.1) is 0 Å². The van der Waals surface area contributed by atoms with E-state index in [4.69, 9.17) is 5.73 Å². The number of likely N-dealkylation sites (N-methyl/N-ethyl adjacent to an activating group) is 2. The Kier molecular flexibility index (Phi) is 12.5. The summed E-state index contributed by atoms with van der Waals surface area (Å²) in [5, 5.41) is 9.92. The van der Waals surface area contributed by atoms with Gasteiger partial charge >= 0.3 is 0 Å². The van der Waals surface area contributed by atoms with E-state index in [0.717, 1.165) is 0 Å². The van der Waals surface area contributed by atoms with Gasteiger partial charge in [-0.1, -0.05) is 13.8 Å². The lowest BCUT2D eigenvalue weighted by atomic mass is 10.1. The fourth-order valence-electron chi connectivity index (χ4n) is 1.42. The molecule has 6 N–H and O–H groups in total. The van der Waals surface area contributed by atoms with Crippen LogP contribution >= 0.6 is 0 Å². The molecule has 23 heavy (non-hydrogen) atoms. The van der Waals surface area contributed by atoms with Gasteiger partial charge in [0.25, 0.3) is 0 Å². The van der Waals surface area contributed by atoms with E-state index in [0.29, 0.717) is 0 Å². The third kappa shape index (κ3) is 9.46. The van der Waals surface area contributed by atoms with Crippen LogP contribution in [0.1, 0.15) is 34.1 Å². The van der Waals surface area contributed by atoms with Crippen LogP contribution < -0.4 is 27.0 Å². The Morgan fingerprint density at radius 1 is 0.870 bits per heavy atom. The summed E-state index contributed by atoms with van der Waals surface area (Å²) >= 11 is 0. The Morgan fingerprint density at radius 3 is 1.74 bits per heavy atom. The third-order valence-corrected chi connectivity index (χ3v) is 2.86. The van der Waals surface area contributed by atoms with Crippen molar-refractivity contribution in [2.75, 3.05) is 14.1 Å². The first-order valence-electron chi connectivity index (χ1n) is 7.50. The standard InChI is InChI=1S/C12H23N5O4.C2H6/c1-6(14-3)10(19)16-7(2)11(20)17-8(5-9(13)18)12(21)15-4;1-2/h6-8,14H,5H2,1-4H3,(H2,13,18)(H,15,21)(H,16,19)(H,17,20);1-2H3. The lowest BCUT2D eigenvalue weighted by molar-refractivity contribution is -0.133. The second-order valence-electron chi connectivity index (χ2n) is 4.59. The van der Waals surface area contributed by atoms with Crippen molar-refractivity contribution in [1.29, 1.82) is 0 Å². The minimum absolute atomic E-state index is 0.320. The maximum absolute atomic E-state index is 11.9. The van der Waals surface area contributed by atoms with Crippen molar-refractivity contribution in [2.45, 2.75) is 52.2 Å². The second kappa shape index (κ2) is 12.4. The molecule has 0 fully saturated rings. The summed E-state index contributed by atoms with van der Waals surface area (Å²) in [5.41, 5.74) is 5.03. The van der Waals surface area contributed by atoms with E-state index in [1.165, 1.54) is 14.0 Å². The van der Waals surface area contributed by atoms with Crippen LogP contribution in [0.5, 0.6) is 0 Å². The predicted octanol–water partition coefficient (Wildman–Crippen LogP) is -1.77. The number of primary amides is 1. The molecular formula is C14H29N5O4. The van der Waals surface area contributed by atoms with Crippen molar-refractivity contribution < 1.29 is 19.2 Å². The Bertz CT molecular complexity index is 414. The smallest absolute Gasteiger partial charge is 0.242 e. The van der Waals surface area contributed by atoms with Crippen LogP contribution in [0.3, 0.4) is 0 Å². The SMILES string of the molecule is CC.CNC(=O)C(CC(N)=O)NC(=O)C(C)NC(=O)C(C)NC. The zero-order chi connectivity index (χ0) is 18.6. The van der Waals surface area contributed by atoms with Gasteiger partial charge in [-0.3, -0.25) is 19.2 Å². The highest BCUT2D eigenvalue weighted by atomic mass is 16.2. The van der Waals surface area contributed by atoms with Crippen molar-refractivity contribution in [3.05, 3.63) is 0 Å². The van der Waals surface area contributed by atoms with Gasteiger partial charge in [-0.2, -0.15) is 0 Å². The molecule has 0 radical (unpaired) electrons. The van der Waals surface area contributed by atoms with Gasteiger partial charge in [0.05, 0.1) is 12.5 Å². The van der Waals surface area contributed by atoms with Crippen molar-refractivity contribution in [1.82, 2.24) is 21.3 Å². The molecule has 0 bridgehead atoms. The van der Waals surface area contributed by atoms with Gasteiger partial charge in [-0.25, -0.2) is 0 Å². The number of nitrogens with one attached hydrogen (secondary N) is 4. The Balaban J connectivity index is 0. The molecule has 0 aliphatic heterocycles. The zero-order valence-corrected chi connectivity index (χ0v) is 14.6. The largest absolute Gasteiger partial charge is 0.370 e. The van der Waals surface area contributed by atoms with Gasteiger partial charge in [0, 0.05) is 7.05 Å². The van der Waals surface area contributed by atoms with E-state index in [1.54, 1.807) is 14.0 Å². The van der Waals surface area contributed by atoms with Gasteiger partial charge in [0.2, 0.25) is 23.6 Å². The zero-order valence-electron chi connectivity index (χ0n) is 14.6. The summed E-state index contributed by atoms with van der Waals surface area (Å²) in [7, 11) is 2.99. The lowest BCUT2D eigenvalue weighted by Crippen LogP contribution is -2.55. The summed E-state index contributed by atoms with van der Waals surface area (Å²) in [4.78, 5) is 46.0. The minimum Gasteiger partial charge on any atom is -0.370 e. The molecule has 3 atom stereocenters. The van der Waals surface area contributed by atoms with Crippen LogP contribution in [0.25, 0.3) is 0 Å². The van der Waals surface area contributed by atoms with Crippen LogP contribution in [0.2, 0.25) is 0 Å². The molecule has 0 rings (SSSR count). The number of carbonyl (C=O) groups excluding carboxylic acids is 4. The molecule has 0 aromatic heterocycles. The number of hydrogen-bond acceptors (Lipinski definition) is 5. The van der Waals surface area contributed by atoms with E-state index >= 15 is 0 Å². The third-order valence-electron chi connectivity index (χ3n) is 2.86. The molecular weight excluding hydrogens is 302 g/mol. The summed E-state index contributed by atoms with van der Waals surface area (Å²) < 4.78 is 0. The van der Waals surface area contributed by atoms with Gasteiger partial charge in [0.15, 0.2) is 0 Å². The monoisotopic (exact) mass is 331 g/mol. The molecule has 4 amide bonds. The average Bonchev–Trinajstić information content (AvgIpc) is 2.53. The number of hydrogen-bond donors (Lipinski definition) is 5. The van der Waals surface area contributed by atoms with Crippen LogP contribution in [0.4, 0.5) is 0 Å². The first-order chi connectivity index (χ1) is 10.7. The molecule has 9 nitrogen and oxygen atoms in total. The first-order valence-corrected chi connectivity index (χ1v) is 7.50. The van der Waals surface area contributed by atoms with Gasteiger partial charge in [0.1, 0.15) is 12.1 Å². The summed E-state index contributed by atoms with van der Waals surface area (Å²) in [5.74, 6) is -2.19. The highest BCUT2D eigenvalue weighted by molar-refractivity contribution is 5.94. The summed E-state index contributed by atoms with van der Waals surface area (Å²) in [6, 6.07) is -2.38.